The predicted molar refractivity (Wildman–Crippen MR) is 82.3 cm³/mol. The number of nitrogens with one attached hydrogen (secondary N) is 1. The van der Waals surface area contributed by atoms with E-state index >= 15 is 0 Å². The summed E-state index contributed by atoms with van der Waals surface area (Å²) in [5.41, 5.74) is 9.13. The number of aryl methyl sites for hydroxylation is 3. The number of hydrogen-bond acceptors (Lipinski definition) is 3. The van der Waals surface area contributed by atoms with Crippen molar-refractivity contribution in [1.82, 2.24) is 0 Å². The van der Waals surface area contributed by atoms with Crippen molar-refractivity contribution in [3.8, 4) is 0 Å². The maximum Gasteiger partial charge on any atom is 0.262 e. The van der Waals surface area contributed by atoms with Gasteiger partial charge in [-0.05, 0) is 61.7 Å². The van der Waals surface area contributed by atoms with Crippen LogP contribution in [-0.4, -0.2) is 8.42 Å². The fraction of sp³-hybridized carbons (Fsp3) is 0.200. The predicted octanol–water partition coefficient (Wildman–Crippen LogP) is 2.99. The maximum absolute atomic E-state index is 12.5. The van der Waals surface area contributed by atoms with E-state index in [0.29, 0.717) is 22.5 Å². The molecule has 0 saturated carbocycles. The van der Waals surface area contributed by atoms with Gasteiger partial charge in [0, 0.05) is 11.4 Å². The van der Waals surface area contributed by atoms with Crippen molar-refractivity contribution in [3.63, 3.8) is 0 Å². The standard InChI is InChI=1S/C15H18N2O2S/c1-10-5-4-6-14(7-10)17-20(18,19)15-11(2)8-13(16)9-12(15)3/h4-9,17H,16H2,1-3H3. The van der Waals surface area contributed by atoms with Gasteiger partial charge in [0.15, 0.2) is 0 Å². The highest BCUT2D eigenvalue weighted by Crippen LogP contribution is 2.25. The van der Waals surface area contributed by atoms with E-state index in [2.05, 4.69) is 4.72 Å². The first-order chi connectivity index (χ1) is 9.29. The van der Waals surface area contributed by atoms with E-state index in [-0.39, 0.29) is 4.90 Å². The number of nitrogen functional groups attached to an aromatic ring is 1. The molecule has 0 heterocycles. The Labute approximate surface area is 119 Å². The van der Waals surface area contributed by atoms with Crippen LogP contribution in [0.3, 0.4) is 0 Å². The molecule has 2 aromatic carbocycles. The molecule has 0 aliphatic rings. The number of benzene rings is 2. The Hall–Kier alpha value is -2.01. The van der Waals surface area contributed by atoms with Crippen molar-refractivity contribution < 1.29 is 8.42 Å². The summed E-state index contributed by atoms with van der Waals surface area (Å²) in [5.74, 6) is 0. The Morgan fingerprint density at radius 1 is 1.00 bits per heavy atom. The van der Waals surface area contributed by atoms with Gasteiger partial charge >= 0.3 is 0 Å². The molecule has 0 amide bonds. The van der Waals surface area contributed by atoms with Gasteiger partial charge in [-0.15, -0.1) is 0 Å². The lowest BCUT2D eigenvalue weighted by atomic mass is 10.1. The zero-order chi connectivity index (χ0) is 14.9. The number of nitrogens with two attached hydrogens (primary N) is 1. The molecule has 20 heavy (non-hydrogen) atoms. The van der Waals surface area contributed by atoms with Gasteiger partial charge in [-0.3, -0.25) is 4.72 Å². The summed E-state index contributed by atoms with van der Waals surface area (Å²) in [6.45, 7) is 5.40. The Bertz CT molecular complexity index is 729. The molecule has 0 fully saturated rings. The van der Waals surface area contributed by atoms with Crippen LogP contribution < -0.4 is 10.5 Å². The molecule has 0 aliphatic heterocycles. The highest BCUT2D eigenvalue weighted by Gasteiger charge is 2.20. The summed E-state index contributed by atoms with van der Waals surface area (Å²) in [6.07, 6.45) is 0. The average Bonchev–Trinajstić information content (AvgIpc) is 2.25. The highest BCUT2D eigenvalue weighted by molar-refractivity contribution is 7.92. The third kappa shape index (κ3) is 2.93. The zero-order valence-corrected chi connectivity index (χ0v) is 12.6. The van der Waals surface area contributed by atoms with E-state index < -0.39 is 10.0 Å². The minimum Gasteiger partial charge on any atom is -0.399 e. The van der Waals surface area contributed by atoms with E-state index in [1.807, 2.05) is 19.1 Å². The van der Waals surface area contributed by atoms with Crippen LogP contribution in [0, 0.1) is 20.8 Å². The normalized spacial score (nSPS) is 11.3. The third-order valence-electron chi connectivity index (χ3n) is 3.02. The van der Waals surface area contributed by atoms with E-state index in [9.17, 15) is 8.42 Å². The molecular weight excluding hydrogens is 272 g/mol. The molecule has 4 nitrogen and oxygen atoms in total. The Morgan fingerprint density at radius 2 is 1.60 bits per heavy atom. The van der Waals surface area contributed by atoms with Crippen molar-refractivity contribution in [2.45, 2.75) is 25.7 Å². The van der Waals surface area contributed by atoms with Gasteiger partial charge in [0.2, 0.25) is 0 Å². The zero-order valence-electron chi connectivity index (χ0n) is 11.8. The van der Waals surface area contributed by atoms with E-state index in [1.165, 1.54) is 0 Å². The van der Waals surface area contributed by atoms with Crippen molar-refractivity contribution in [2.24, 2.45) is 0 Å². The summed E-state index contributed by atoms with van der Waals surface area (Å²) >= 11 is 0. The molecule has 3 N–H and O–H groups in total. The lowest BCUT2D eigenvalue weighted by molar-refractivity contribution is 0.600. The lowest BCUT2D eigenvalue weighted by Crippen LogP contribution is -2.16. The average molecular weight is 290 g/mol. The van der Waals surface area contributed by atoms with Crippen molar-refractivity contribution in [2.75, 3.05) is 10.5 Å². The maximum atomic E-state index is 12.5. The van der Waals surface area contributed by atoms with Gasteiger partial charge in [0.25, 0.3) is 10.0 Å². The monoisotopic (exact) mass is 290 g/mol. The first-order valence-corrected chi connectivity index (χ1v) is 7.74. The molecule has 0 radical (unpaired) electrons. The molecule has 0 aliphatic carbocycles. The molecule has 0 saturated heterocycles. The van der Waals surface area contributed by atoms with Gasteiger partial charge < -0.3 is 5.73 Å². The Kier molecular flexibility index (Phi) is 3.72. The molecule has 2 rings (SSSR count). The van der Waals surface area contributed by atoms with Crippen LogP contribution >= 0.6 is 0 Å². The van der Waals surface area contributed by atoms with Gasteiger partial charge in [-0.25, -0.2) is 8.42 Å². The molecule has 106 valence electrons. The molecule has 5 heteroatoms. The fourth-order valence-corrected chi connectivity index (χ4v) is 3.83. The third-order valence-corrected chi connectivity index (χ3v) is 4.71. The first kappa shape index (κ1) is 14.4. The smallest absolute Gasteiger partial charge is 0.262 e. The number of hydrogen-bond donors (Lipinski definition) is 2. The molecule has 0 bridgehead atoms. The van der Waals surface area contributed by atoms with Crippen LogP contribution in [0.1, 0.15) is 16.7 Å². The van der Waals surface area contributed by atoms with Gasteiger partial charge in [-0.1, -0.05) is 12.1 Å². The first-order valence-electron chi connectivity index (χ1n) is 6.26. The minimum absolute atomic E-state index is 0.285. The Morgan fingerprint density at radius 3 is 2.15 bits per heavy atom. The molecule has 0 aromatic heterocycles. The fourth-order valence-electron chi connectivity index (χ4n) is 2.32. The van der Waals surface area contributed by atoms with E-state index in [1.54, 1.807) is 38.1 Å². The van der Waals surface area contributed by atoms with Crippen molar-refractivity contribution >= 4 is 21.4 Å². The van der Waals surface area contributed by atoms with E-state index in [4.69, 9.17) is 5.73 Å². The van der Waals surface area contributed by atoms with Gasteiger partial charge in [0.05, 0.1) is 4.90 Å². The topological polar surface area (TPSA) is 72.2 Å². The number of anilines is 2. The largest absolute Gasteiger partial charge is 0.399 e. The highest BCUT2D eigenvalue weighted by atomic mass is 32.2. The summed E-state index contributed by atoms with van der Waals surface area (Å²) < 4.78 is 27.6. The van der Waals surface area contributed by atoms with E-state index in [0.717, 1.165) is 5.56 Å². The van der Waals surface area contributed by atoms with Crippen LogP contribution in [-0.2, 0) is 10.0 Å². The van der Waals surface area contributed by atoms with Crippen molar-refractivity contribution in [1.29, 1.82) is 0 Å². The second-order valence-corrected chi connectivity index (χ2v) is 6.58. The summed E-state index contributed by atoms with van der Waals surface area (Å²) in [7, 11) is -3.61. The number of rotatable bonds is 3. The summed E-state index contributed by atoms with van der Waals surface area (Å²) in [4.78, 5) is 0.285. The van der Waals surface area contributed by atoms with Gasteiger partial charge in [0.1, 0.15) is 0 Å². The second kappa shape index (κ2) is 5.17. The summed E-state index contributed by atoms with van der Waals surface area (Å²) in [6, 6.07) is 10.6. The van der Waals surface area contributed by atoms with Gasteiger partial charge in [-0.2, -0.15) is 0 Å². The van der Waals surface area contributed by atoms with Crippen LogP contribution in [0.15, 0.2) is 41.3 Å². The van der Waals surface area contributed by atoms with Crippen LogP contribution in [0.25, 0.3) is 0 Å². The quantitative estimate of drug-likeness (QED) is 0.854. The lowest BCUT2D eigenvalue weighted by Gasteiger charge is -2.14. The van der Waals surface area contributed by atoms with Crippen LogP contribution in [0.2, 0.25) is 0 Å². The van der Waals surface area contributed by atoms with Crippen LogP contribution in [0.5, 0.6) is 0 Å². The summed E-state index contributed by atoms with van der Waals surface area (Å²) in [5, 5.41) is 0. The van der Waals surface area contributed by atoms with Crippen LogP contribution in [0.4, 0.5) is 11.4 Å². The second-order valence-electron chi connectivity index (χ2n) is 4.96. The molecule has 0 unspecified atom stereocenters. The number of sulfonamides is 1. The molecular formula is C15H18N2O2S. The minimum atomic E-state index is -3.61. The molecule has 0 spiro atoms. The Balaban J connectivity index is 2.46. The van der Waals surface area contributed by atoms with Crippen molar-refractivity contribution in [3.05, 3.63) is 53.1 Å². The molecule has 2 aromatic rings. The SMILES string of the molecule is Cc1cccc(NS(=O)(=O)c2c(C)cc(N)cc2C)c1. The molecule has 0 atom stereocenters.